The zero-order valence-corrected chi connectivity index (χ0v) is 16.9. The molecule has 0 radical (unpaired) electrons. The minimum absolute atomic E-state index is 0.243. The standard InChI is InChI=1S/C17H19Cl2N3O3S/c1-17(2,3)25-16(24)21-7-6-20-15(23)13-14(26-9-22-13)10-4-5-11(18)12(19)8-10/h4-5,8-9H,6-7H2,1-3H3,(H,20,23)(H,21,24). The molecule has 1 aromatic heterocycles. The van der Waals surface area contributed by atoms with Gasteiger partial charge < -0.3 is 15.4 Å². The van der Waals surface area contributed by atoms with Gasteiger partial charge in [-0.05, 0) is 38.5 Å². The Hall–Kier alpha value is -1.83. The highest BCUT2D eigenvalue weighted by Gasteiger charge is 2.18. The molecule has 0 aliphatic carbocycles. The van der Waals surface area contributed by atoms with Crippen LogP contribution in [-0.2, 0) is 4.74 Å². The van der Waals surface area contributed by atoms with Crippen molar-refractivity contribution in [3.8, 4) is 10.4 Å². The number of nitrogens with zero attached hydrogens (tertiary/aromatic N) is 1. The first-order valence-electron chi connectivity index (χ1n) is 7.81. The first-order chi connectivity index (χ1) is 12.2. The van der Waals surface area contributed by atoms with E-state index in [9.17, 15) is 9.59 Å². The van der Waals surface area contributed by atoms with Gasteiger partial charge in [-0.2, -0.15) is 0 Å². The summed E-state index contributed by atoms with van der Waals surface area (Å²) >= 11 is 13.3. The van der Waals surface area contributed by atoms with Gasteiger partial charge in [-0.15, -0.1) is 11.3 Å². The van der Waals surface area contributed by atoms with Gasteiger partial charge in [0.25, 0.3) is 5.91 Å². The number of benzene rings is 1. The molecule has 0 bridgehead atoms. The molecule has 2 amide bonds. The summed E-state index contributed by atoms with van der Waals surface area (Å²) in [6, 6.07) is 5.15. The van der Waals surface area contributed by atoms with Crippen LogP contribution in [0.2, 0.25) is 10.0 Å². The van der Waals surface area contributed by atoms with Crippen LogP contribution in [0.3, 0.4) is 0 Å². The lowest BCUT2D eigenvalue weighted by molar-refractivity contribution is 0.0526. The minimum atomic E-state index is -0.567. The molecule has 0 saturated carbocycles. The van der Waals surface area contributed by atoms with Crippen molar-refractivity contribution in [3.05, 3.63) is 39.4 Å². The molecule has 2 rings (SSSR count). The molecular formula is C17H19Cl2N3O3S. The Morgan fingerprint density at radius 1 is 1.15 bits per heavy atom. The molecule has 0 unspecified atom stereocenters. The number of hydrogen-bond acceptors (Lipinski definition) is 5. The molecule has 0 spiro atoms. The monoisotopic (exact) mass is 415 g/mol. The van der Waals surface area contributed by atoms with Gasteiger partial charge in [-0.25, -0.2) is 9.78 Å². The van der Waals surface area contributed by atoms with Crippen molar-refractivity contribution < 1.29 is 14.3 Å². The van der Waals surface area contributed by atoms with E-state index in [0.717, 1.165) is 5.56 Å². The van der Waals surface area contributed by atoms with Gasteiger partial charge in [0.1, 0.15) is 11.3 Å². The van der Waals surface area contributed by atoms with Crippen molar-refractivity contribution >= 4 is 46.5 Å². The van der Waals surface area contributed by atoms with E-state index in [0.29, 0.717) is 20.6 Å². The maximum atomic E-state index is 12.4. The Kier molecular flexibility index (Phi) is 6.86. The fourth-order valence-corrected chi connectivity index (χ4v) is 3.07. The van der Waals surface area contributed by atoms with Crippen molar-refractivity contribution in [2.45, 2.75) is 26.4 Å². The van der Waals surface area contributed by atoms with Crippen molar-refractivity contribution in [3.63, 3.8) is 0 Å². The van der Waals surface area contributed by atoms with Gasteiger partial charge in [-0.3, -0.25) is 4.79 Å². The Labute approximate surface area is 165 Å². The molecule has 1 heterocycles. The van der Waals surface area contributed by atoms with E-state index in [4.69, 9.17) is 27.9 Å². The third-order valence-corrected chi connectivity index (χ3v) is 4.66. The van der Waals surface area contributed by atoms with Crippen molar-refractivity contribution in [2.75, 3.05) is 13.1 Å². The molecule has 0 atom stereocenters. The lowest BCUT2D eigenvalue weighted by Gasteiger charge is -2.19. The smallest absolute Gasteiger partial charge is 0.407 e. The first kappa shape index (κ1) is 20.5. The van der Waals surface area contributed by atoms with Crippen LogP contribution in [0.4, 0.5) is 4.79 Å². The number of amides is 2. The largest absolute Gasteiger partial charge is 0.444 e. The summed E-state index contributed by atoms with van der Waals surface area (Å²) in [4.78, 5) is 28.7. The van der Waals surface area contributed by atoms with Crippen LogP contribution < -0.4 is 10.6 Å². The molecule has 1 aromatic carbocycles. The number of nitrogens with one attached hydrogen (secondary N) is 2. The van der Waals surface area contributed by atoms with Crippen LogP contribution in [0, 0.1) is 0 Å². The Balaban J connectivity index is 1.92. The summed E-state index contributed by atoms with van der Waals surface area (Å²) in [5.74, 6) is -0.335. The summed E-state index contributed by atoms with van der Waals surface area (Å²) < 4.78 is 5.12. The van der Waals surface area contributed by atoms with E-state index >= 15 is 0 Å². The predicted molar refractivity (Wildman–Crippen MR) is 104 cm³/mol. The average Bonchev–Trinajstić information content (AvgIpc) is 3.02. The summed E-state index contributed by atoms with van der Waals surface area (Å²) in [7, 11) is 0. The van der Waals surface area contributed by atoms with Crippen LogP contribution in [0.15, 0.2) is 23.7 Å². The van der Waals surface area contributed by atoms with Crippen LogP contribution in [-0.4, -0.2) is 35.7 Å². The molecule has 2 N–H and O–H groups in total. The van der Waals surface area contributed by atoms with Crippen molar-refractivity contribution in [1.29, 1.82) is 0 Å². The number of carbonyl (C=O) groups is 2. The normalized spacial score (nSPS) is 11.1. The zero-order valence-electron chi connectivity index (χ0n) is 14.6. The lowest BCUT2D eigenvalue weighted by atomic mass is 10.1. The summed E-state index contributed by atoms with van der Waals surface area (Å²) in [6.07, 6.45) is -0.531. The van der Waals surface area contributed by atoms with E-state index in [-0.39, 0.29) is 19.0 Å². The number of aromatic nitrogens is 1. The van der Waals surface area contributed by atoms with Crippen LogP contribution >= 0.6 is 34.5 Å². The highest BCUT2D eigenvalue weighted by molar-refractivity contribution is 7.13. The molecular weight excluding hydrogens is 397 g/mol. The second kappa shape index (κ2) is 8.70. The van der Waals surface area contributed by atoms with E-state index in [2.05, 4.69) is 15.6 Å². The molecule has 140 valence electrons. The van der Waals surface area contributed by atoms with Gasteiger partial charge in [-0.1, -0.05) is 29.3 Å². The highest BCUT2D eigenvalue weighted by Crippen LogP contribution is 2.32. The maximum Gasteiger partial charge on any atom is 0.407 e. The second-order valence-electron chi connectivity index (χ2n) is 6.34. The summed E-state index contributed by atoms with van der Waals surface area (Å²) in [6.45, 7) is 5.83. The van der Waals surface area contributed by atoms with Gasteiger partial charge in [0.05, 0.1) is 20.4 Å². The number of alkyl carbamates (subject to hydrolysis) is 1. The molecule has 6 nitrogen and oxygen atoms in total. The van der Waals surface area contributed by atoms with E-state index in [1.165, 1.54) is 11.3 Å². The lowest BCUT2D eigenvalue weighted by Crippen LogP contribution is -2.38. The van der Waals surface area contributed by atoms with Gasteiger partial charge in [0, 0.05) is 13.1 Å². The quantitative estimate of drug-likeness (QED) is 0.710. The highest BCUT2D eigenvalue weighted by atomic mass is 35.5. The Bertz CT molecular complexity index is 803. The third kappa shape index (κ3) is 5.86. The van der Waals surface area contributed by atoms with E-state index < -0.39 is 11.7 Å². The number of hydrogen-bond donors (Lipinski definition) is 2. The fraction of sp³-hybridized carbons (Fsp3) is 0.353. The number of carbonyl (C=O) groups excluding carboxylic acids is 2. The summed E-state index contributed by atoms with van der Waals surface area (Å²) in [5.41, 5.74) is 2.08. The Morgan fingerprint density at radius 3 is 2.50 bits per heavy atom. The third-order valence-electron chi connectivity index (χ3n) is 3.04. The number of ether oxygens (including phenoxy) is 1. The van der Waals surface area contributed by atoms with Gasteiger partial charge in [0.15, 0.2) is 0 Å². The average molecular weight is 416 g/mol. The van der Waals surface area contributed by atoms with E-state index in [1.807, 2.05) is 0 Å². The minimum Gasteiger partial charge on any atom is -0.444 e. The number of rotatable bonds is 5. The van der Waals surface area contributed by atoms with Gasteiger partial charge >= 0.3 is 6.09 Å². The summed E-state index contributed by atoms with van der Waals surface area (Å²) in [5, 5.41) is 6.14. The molecule has 0 aliphatic rings. The van der Waals surface area contributed by atoms with Crippen molar-refractivity contribution in [1.82, 2.24) is 15.6 Å². The second-order valence-corrected chi connectivity index (χ2v) is 8.01. The first-order valence-corrected chi connectivity index (χ1v) is 9.45. The maximum absolute atomic E-state index is 12.4. The topological polar surface area (TPSA) is 80.3 Å². The van der Waals surface area contributed by atoms with Gasteiger partial charge in [0.2, 0.25) is 0 Å². The molecule has 0 aliphatic heterocycles. The van der Waals surface area contributed by atoms with Crippen LogP contribution in [0.1, 0.15) is 31.3 Å². The predicted octanol–water partition coefficient (Wildman–Crippen LogP) is 4.37. The Morgan fingerprint density at radius 2 is 1.85 bits per heavy atom. The molecule has 2 aromatic rings. The number of thiazole rings is 1. The molecule has 0 saturated heterocycles. The van der Waals surface area contributed by atoms with Crippen LogP contribution in [0.25, 0.3) is 10.4 Å². The van der Waals surface area contributed by atoms with Crippen LogP contribution in [0.5, 0.6) is 0 Å². The molecule has 0 fully saturated rings. The fourth-order valence-electron chi connectivity index (χ4n) is 1.99. The molecule has 9 heteroatoms. The molecule has 26 heavy (non-hydrogen) atoms. The SMILES string of the molecule is CC(C)(C)OC(=O)NCCNC(=O)c1ncsc1-c1ccc(Cl)c(Cl)c1. The van der Waals surface area contributed by atoms with Crippen molar-refractivity contribution in [2.24, 2.45) is 0 Å². The number of halogens is 2. The zero-order chi connectivity index (χ0) is 19.3. The van der Waals surface area contributed by atoms with E-state index in [1.54, 1.807) is 44.5 Å².